The molecule has 0 radical (unpaired) electrons. The highest BCUT2D eigenvalue weighted by atomic mass is 16.2. The Morgan fingerprint density at radius 3 is 2.16 bits per heavy atom. The lowest BCUT2D eigenvalue weighted by molar-refractivity contribution is -0.114. The van der Waals surface area contributed by atoms with E-state index in [9.17, 15) is 14.9 Å². The zero-order valence-electron chi connectivity index (χ0n) is 18.6. The van der Waals surface area contributed by atoms with E-state index in [0.29, 0.717) is 17.9 Å². The van der Waals surface area contributed by atoms with E-state index in [1.54, 1.807) is 30.3 Å². The molecule has 7 nitrogen and oxygen atoms in total. The van der Waals surface area contributed by atoms with E-state index >= 15 is 0 Å². The van der Waals surface area contributed by atoms with Gasteiger partial charge in [-0.05, 0) is 56.7 Å². The summed E-state index contributed by atoms with van der Waals surface area (Å²) in [5, 5.41) is 19.5. The van der Waals surface area contributed by atoms with Gasteiger partial charge < -0.3 is 10.6 Å². The molecule has 0 aliphatic heterocycles. The summed E-state index contributed by atoms with van der Waals surface area (Å²) in [5.74, 6) is -0.685. The van der Waals surface area contributed by atoms with Crippen LogP contribution in [0.5, 0.6) is 0 Å². The number of aromatic nitrogens is 2. The molecule has 0 aliphatic rings. The van der Waals surface area contributed by atoms with Crippen LogP contribution in [-0.2, 0) is 16.1 Å². The second-order valence-corrected chi connectivity index (χ2v) is 7.61. The molecule has 1 aromatic heterocycles. The second-order valence-electron chi connectivity index (χ2n) is 7.61. The third-order valence-electron chi connectivity index (χ3n) is 5.01. The molecule has 0 unspecified atom stereocenters. The number of nitrogens with zero attached hydrogens (tertiary/aromatic N) is 3. The number of anilines is 2. The second kappa shape index (κ2) is 9.75. The first-order valence-corrected chi connectivity index (χ1v) is 10.2. The van der Waals surface area contributed by atoms with Crippen LogP contribution in [0.3, 0.4) is 0 Å². The fourth-order valence-corrected chi connectivity index (χ4v) is 3.27. The van der Waals surface area contributed by atoms with Crippen molar-refractivity contribution >= 4 is 29.3 Å². The van der Waals surface area contributed by atoms with Gasteiger partial charge in [0.25, 0.3) is 5.91 Å². The van der Waals surface area contributed by atoms with Crippen LogP contribution in [0, 0.1) is 32.1 Å². The highest BCUT2D eigenvalue weighted by Gasteiger charge is 2.15. The standard InChI is InChI=1S/C25H25N5O2/c1-16-5-7-20(8-6-16)15-30-18(3)24(17(2)29-30)13-21(14-26)25(32)28-23-11-9-22(10-12-23)27-19(4)31/h5-13H,15H2,1-4H3,(H,27,31)(H,28,32)/b21-13+. The van der Waals surface area contributed by atoms with Gasteiger partial charge in [-0.3, -0.25) is 14.3 Å². The molecular formula is C25H25N5O2. The molecule has 1 heterocycles. The first-order valence-electron chi connectivity index (χ1n) is 10.2. The van der Waals surface area contributed by atoms with E-state index in [1.807, 2.05) is 31.5 Å². The van der Waals surface area contributed by atoms with Gasteiger partial charge >= 0.3 is 0 Å². The van der Waals surface area contributed by atoms with Crippen LogP contribution < -0.4 is 10.6 Å². The minimum atomic E-state index is -0.509. The van der Waals surface area contributed by atoms with Gasteiger partial charge in [-0.1, -0.05) is 29.8 Å². The summed E-state index contributed by atoms with van der Waals surface area (Å²) in [6.07, 6.45) is 1.57. The average molecular weight is 428 g/mol. The lowest BCUT2D eigenvalue weighted by atomic mass is 10.1. The number of hydrogen-bond donors (Lipinski definition) is 2. The Morgan fingerprint density at radius 1 is 1.00 bits per heavy atom. The molecule has 0 aliphatic carbocycles. The molecule has 2 amide bonds. The molecular weight excluding hydrogens is 402 g/mol. The third-order valence-corrected chi connectivity index (χ3v) is 5.01. The molecule has 2 N–H and O–H groups in total. The van der Waals surface area contributed by atoms with Crippen molar-refractivity contribution < 1.29 is 9.59 Å². The summed E-state index contributed by atoms with van der Waals surface area (Å²) in [4.78, 5) is 23.8. The minimum absolute atomic E-state index is 0.0166. The summed E-state index contributed by atoms with van der Waals surface area (Å²) in [6, 6.07) is 16.9. The van der Waals surface area contributed by atoms with Crippen LogP contribution >= 0.6 is 0 Å². The monoisotopic (exact) mass is 427 g/mol. The number of carbonyl (C=O) groups excluding carboxylic acids is 2. The average Bonchev–Trinajstić information content (AvgIpc) is 3.01. The molecule has 7 heteroatoms. The molecule has 0 fully saturated rings. The highest BCUT2D eigenvalue weighted by Crippen LogP contribution is 2.20. The molecule has 0 bridgehead atoms. The van der Waals surface area contributed by atoms with Gasteiger partial charge in [-0.15, -0.1) is 0 Å². The van der Waals surface area contributed by atoms with E-state index in [1.165, 1.54) is 12.5 Å². The fourth-order valence-electron chi connectivity index (χ4n) is 3.27. The van der Waals surface area contributed by atoms with Gasteiger partial charge in [0.2, 0.25) is 5.91 Å². The zero-order valence-corrected chi connectivity index (χ0v) is 18.6. The predicted molar refractivity (Wildman–Crippen MR) is 125 cm³/mol. The van der Waals surface area contributed by atoms with Crippen LogP contribution in [-0.4, -0.2) is 21.6 Å². The molecule has 162 valence electrons. The third kappa shape index (κ3) is 5.49. The molecule has 0 spiro atoms. The molecule has 0 atom stereocenters. The van der Waals surface area contributed by atoms with Crippen LogP contribution in [0.2, 0.25) is 0 Å². The van der Waals surface area contributed by atoms with E-state index in [2.05, 4.69) is 40.0 Å². The summed E-state index contributed by atoms with van der Waals surface area (Å²) in [6.45, 7) is 7.86. The Kier molecular flexibility index (Phi) is 6.86. The van der Waals surface area contributed by atoms with Crippen molar-refractivity contribution in [2.75, 3.05) is 10.6 Å². The molecule has 3 aromatic rings. The van der Waals surface area contributed by atoms with Gasteiger partial charge in [0.15, 0.2) is 0 Å². The van der Waals surface area contributed by atoms with Crippen molar-refractivity contribution in [1.82, 2.24) is 9.78 Å². The van der Waals surface area contributed by atoms with Crippen molar-refractivity contribution in [1.29, 1.82) is 5.26 Å². The van der Waals surface area contributed by atoms with Crippen molar-refractivity contribution in [2.45, 2.75) is 34.2 Å². The molecule has 0 saturated heterocycles. The quantitative estimate of drug-likeness (QED) is 0.451. The number of amides is 2. The van der Waals surface area contributed by atoms with E-state index in [-0.39, 0.29) is 11.5 Å². The van der Waals surface area contributed by atoms with E-state index < -0.39 is 5.91 Å². The lowest BCUT2D eigenvalue weighted by Gasteiger charge is -2.07. The van der Waals surface area contributed by atoms with Gasteiger partial charge in [0.05, 0.1) is 12.2 Å². The zero-order chi connectivity index (χ0) is 23.3. The number of nitrogens with one attached hydrogen (secondary N) is 2. The van der Waals surface area contributed by atoms with Crippen LogP contribution in [0.25, 0.3) is 6.08 Å². The first kappa shape index (κ1) is 22.5. The maximum Gasteiger partial charge on any atom is 0.266 e. The summed E-state index contributed by atoms with van der Waals surface area (Å²) < 4.78 is 1.87. The van der Waals surface area contributed by atoms with Gasteiger partial charge in [-0.2, -0.15) is 10.4 Å². The highest BCUT2D eigenvalue weighted by molar-refractivity contribution is 6.09. The van der Waals surface area contributed by atoms with E-state index in [4.69, 9.17) is 0 Å². The first-order chi connectivity index (χ1) is 15.3. The minimum Gasteiger partial charge on any atom is -0.326 e. The normalized spacial score (nSPS) is 11.0. The molecule has 3 rings (SSSR count). The Bertz CT molecular complexity index is 1210. The van der Waals surface area contributed by atoms with Gasteiger partial charge in [-0.25, -0.2) is 0 Å². The number of benzene rings is 2. The topological polar surface area (TPSA) is 99.8 Å². The number of rotatable bonds is 6. The van der Waals surface area contributed by atoms with Gasteiger partial charge in [0.1, 0.15) is 11.6 Å². The van der Waals surface area contributed by atoms with Crippen LogP contribution in [0.15, 0.2) is 54.1 Å². The lowest BCUT2D eigenvalue weighted by Crippen LogP contribution is -2.13. The van der Waals surface area contributed by atoms with E-state index in [0.717, 1.165) is 22.5 Å². The largest absolute Gasteiger partial charge is 0.326 e. The molecule has 32 heavy (non-hydrogen) atoms. The maximum atomic E-state index is 12.7. The Morgan fingerprint density at radius 2 is 1.59 bits per heavy atom. The Labute approximate surface area is 187 Å². The van der Waals surface area contributed by atoms with Crippen molar-refractivity contribution in [3.63, 3.8) is 0 Å². The maximum absolute atomic E-state index is 12.7. The number of carbonyl (C=O) groups is 2. The SMILES string of the molecule is CC(=O)Nc1ccc(NC(=O)/C(C#N)=C/c2c(C)nn(Cc3ccc(C)cc3)c2C)cc1. The molecule has 2 aromatic carbocycles. The van der Waals surface area contributed by atoms with Gasteiger partial charge in [0, 0.05) is 29.6 Å². The number of nitriles is 1. The van der Waals surface area contributed by atoms with Crippen LogP contribution in [0.1, 0.15) is 35.0 Å². The smallest absolute Gasteiger partial charge is 0.266 e. The number of hydrogen-bond acceptors (Lipinski definition) is 4. The van der Waals surface area contributed by atoms with Crippen molar-refractivity contribution in [3.05, 3.63) is 82.2 Å². The molecule has 0 saturated carbocycles. The Balaban J connectivity index is 1.78. The summed E-state index contributed by atoms with van der Waals surface area (Å²) >= 11 is 0. The van der Waals surface area contributed by atoms with Crippen molar-refractivity contribution in [2.24, 2.45) is 0 Å². The van der Waals surface area contributed by atoms with Crippen molar-refractivity contribution in [3.8, 4) is 6.07 Å². The summed E-state index contributed by atoms with van der Waals surface area (Å²) in [7, 11) is 0. The Hall–Kier alpha value is -4.18. The summed E-state index contributed by atoms with van der Waals surface area (Å²) in [5.41, 5.74) is 5.82. The fraction of sp³-hybridized carbons (Fsp3) is 0.200. The number of aryl methyl sites for hydroxylation is 2. The van der Waals surface area contributed by atoms with Crippen LogP contribution in [0.4, 0.5) is 11.4 Å². The predicted octanol–water partition coefficient (Wildman–Crippen LogP) is 4.36.